The fourth-order valence-corrected chi connectivity index (χ4v) is 1.95. The average Bonchev–Trinajstić information content (AvgIpc) is 2.45. The van der Waals surface area contributed by atoms with E-state index < -0.39 is 28.6 Å². The molecule has 0 aromatic heterocycles. The normalized spacial score (nSPS) is 11.0. The fourth-order valence-electron chi connectivity index (χ4n) is 1.77. The van der Waals surface area contributed by atoms with E-state index in [1.807, 2.05) is 0 Å². The van der Waals surface area contributed by atoms with Crippen LogP contribution in [-0.2, 0) is 0 Å². The Bertz CT molecular complexity index is 796. The molecule has 126 valence electrons. The van der Waals surface area contributed by atoms with Crippen LogP contribution in [0.4, 0.5) is 24.5 Å². The van der Waals surface area contributed by atoms with E-state index in [1.54, 1.807) is 0 Å². The largest absolute Gasteiger partial charge is 0.573 e. The van der Waals surface area contributed by atoms with Gasteiger partial charge in [-0.15, -0.1) is 13.2 Å². The minimum atomic E-state index is -4.86. The summed E-state index contributed by atoms with van der Waals surface area (Å²) >= 11 is 5.64. The van der Waals surface area contributed by atoms with Crippen molar-refractivity contribution in [3.05, 3.63) is 63.2 Å². The van der Waals surface area contributed by atoms with E-state index in [0.717, 1.165) is 18.2 Å². The number of nitrogens with zero attached hydrogens (tertiary/aromatic N) is 1. The van der Waals surface area contributed by atoms with Gasteiger partial charge < -0.3 is 10.1 Å². The van der Waals surface area contributed by atoms with E-state index in [0.29, 0.717) is 0 Å². The molecule has 0 atom stereocenters. The molecule has 0 saturated heterocycles. The van der Waals surface area contributed by atoms with Crippen LogP contribution in [0.5, 0.6) is 5.75 Å². The predicted octanol–water partition coefficient (Wildman–Crippen LogP) is 4.40. The smallest absolute Gasteiger partial charge is 0.406 e. The Labute approximate surface area is 137 Å². The van der Waals surface area contributed by atoms with Crippen LogP contribution >= 0.6 is 11.6 Å². The molecule has 2 aromatic carbocycles. The van der Waals surface area contributed by atoms with Crippen molar-refractivity contribution in [1.82, 2.24) is 0 Å². The number of nitrogens with one attached hydrogen (secondary N) is 1. The third-order valence-corrected chi connectivity index (χ3v) is 3.05. The number of anilines is 1. The van der Waals surface area contributed by atoms with Crippen molar-refractivity contribution in [1.29, 1.82) is 0 Å². The molecule has 6 nitrogen and oxygen atoms in total. The van der Waals surface area contributed by atoms with Gasteiger partial charge in [-0.05, 0) is 24.3 Å². The number of nitro benzene ring substituents is 1. The number of nitro groups is 1. The number of benzene rings is 2. The van der Waals surface area contributed by atoms with Crippen molar-refractivity contribution < 1.29 is 27.6 Å². The van der Waals surface area contributed by atoms with Crippen molar-refractivity contribution in [3.63, 3.8) is 0 Å². The highest BCUT2D eigenvalue weighted by atomic mass is 35.5. The molecule has 10 heteroatoms. The second-order valence-corrected chi connectivity index (χ2v) is 4.86. The van der Waals surface area contributed by atoms with Gasteiger partial charge in [0.15, 0.2) is 0 Å². The van der Waals surface area contributed by atoms with Crippen molar-refractivity contribution in [2.24, 2.45) is 0 Å². The van der Waals surface area contributed by atoms with Gasteiger partial charge in [0, 0.05) is 23.4 Å². The molecule has 0 saturated carbocycles. The zero-order valence-corrected chi connectivity index (χ0v) is 12.4. The first-order valence-corrected chi connectivity index (χ1v) is 6.64. The summed E-state index contributed by atoms with van der Waals surface area (Å²) in [6.45, 7) is 0. The van der Waals surface area contributed by atoms with Crippen LogP contribution in [0.1, 0.15) is 10.4 Å². The van der Waals surface area contributed by atoms with E-state index in [4.69, 9.17) is 11.6 Å². The zero-order valence-electron chi connectivity index (χ0n) is 11.6. The molecule has 2 rings (SSSR count). The van der Waals surface area contributed by atoms with Gasteiger partial charge in [0.25, 0.3) is 11.6 Å². The maximum atomic E-state index is 12.2. The Kier molecular flexibility index (Phi) is 4.93. The third-order valence-electron chi connectivity index (χ3n) is 2.73. The highest BCUT2D eigenvalue weighted by Crippen LogP contribution is 2.27. The van der Waals surface area contributed by atoms with Crippen molar-refractivity contribution in [3.8, 4) is 5.75 Å². The average molecular weight is 361 g/mol. The Morgan fingerprint density at radius 2 is 1.92 bits per heavy atom. The van der Waals surface area contributed by atoms with Gasteiger partial charge in [-0.3, -0.25) is 14.9 Å². The van der Waals surface area contributed by atoms with Gasteiger partial charge >= 0.3 is 6.36 Å². The van der Waals surface area contributed by atoms with Gasteiger partial charge in [-0.1, -0.05) is 17.7 Å². The fraction of sp³-hybridized carbons (Fsp3) is 0.0714. The summed E-state index contributed by atoms with van der Waals surface area (Å²) in [5, 5.41) is 13.0. The number of amides is 1. The van der Waals surface area contributed by atoms with Gasteiger partial charge in [0.2, 0.25) is 0 Å². The summed E-state index contributed by atoms with van der Waals surface area (Å²) in [5.74, 6) is -1.26. The van der Waals surface area contributed by atoms with Crippen LogP contribution in [-0.4, -0.2) is 17.2 Å². The summed E-state index contributed by atoms with van der Waals surface area (Å²) in [5.41, 5.74) is -0.508. The number of halogens is 4. The quantitative estimate of drug-likeness (QED) is 0.647. The molecule has 0 radical (unpaired) electrons. The number of ether oxygens (including phenoxy) is 1. The number of hydrogen-bond donors (Lipinski definition) is 1. The molecule has 1 amide bonds. The number of carbonyl (C=O) groups excluding carboxylic acids is 1. The summed E-state index contributed by atoms with van der Waals surface area (Å²) in [4.78, 5) is 22.1. The van der Waals surface area contributed by atoms with Gasteiger partial charge in [-0.25, -0.2) is 0 Å². The summed E-state index contributed by atoms with van der Waals surface area (Å²) in [6.07, 6.45) is -4.86. The molecule has 0 unspecified atom stereocenters. The van der Waals surface area contributed by atoms with Crippen LogP contribution in [0.3, 0.4) is 0 Å². The number of alkyl halides is 3. The van der Waals surface area contributed by atoms with Crippen molar-refractivity contribution in [2.75, 3.05) is 5.32 Å². The van der Waals surface area contributed by atoms with Gasteiger partial charge in [-0.2, -0.15) is 0 Å². The topological polar surface area (TPSA) is 81.5 Å². The molecule has 24 heavy (non-hydrogen) atoms. The Morgan fingerprint density at radius 1 is 1.21 bits per heavy atom. The molecule has 0 aliphatic carbocycles. The predicted molar refractivity (Wildman–Crippen MR) is 79.2 cm³/mol. The first-order valence-electron chi connectivity index (χ1n) is 6.27. The van der Waals surface area contributed by atoms with Crippen LogP contribution in [0.2, 0.25) is 5.02 Å². The number of rotatable bonds is 4. The molecule has 0 spiro atoms. The minimum absolute atomic E-state index is 0.0272. The molecule has 0 aliphatic heterocycles. The van der Waals surface area contributed by atoms with E-state index in [2.05, 4.69) is 10.1 Å². The molecule has 2 aromatic rings. The van der Waals surface area contributed by atoms with Crippen LogP contribution < -0.4 is 10.1 Å². The van der Waals surface area contributed by atoms with E-state index in [9.17, 15) is 28.1 Å². The van der Waals surface area contributed by atoms with E-state index in [1.165, 1.54) is 24.3 Å². The Morgan fingerprint density at radius 3 is 2.54 bits per heavy atom. The second-order valence-electron chi connectivity index (χ2n) is 4.45. The zero-order chi connectivity index (χ0) is 17.9. The maximum Gasteiger partial charge on any atom is 0.573 e. The van der Waals surface area contributed by atoms with Crippen LogP contribution in [0.15, 0.2) is 42.5 Å². The molecule has 0 bridgehead atoms. The lowest BCUT2D eigenvalue weighted by Crippen LogP contribution is -2.17. The first-order chi connectivity index (χ1) is 11.2. The van der Waals surface area contributed by atoms with E-state index >= 15 is 0 Å². The standard InChI is InChI=1S/C14H8ClF3N2O4/c15-11-5-4-8(6-12(11)20(22)23)13(21)19-9-2-1-3-10(7-9)24-14(16,17)18/h1-7H,(H,19,21). The molecular weight excluding hydrogens is 353 g/mol. The lowest BCUT2D eigenvalue weighted by molar-refractivity contribution is -0.384. The maximum absolute atomic E-state index is 12.2. The molecule has 0 fully saturated rings. The SMILES string of the molecule is O=C(Nc1cccc(OC(F)(F)F)c1)c1ccc(Cl)c([N+](=O)[O-])c1. The summed E-state index contributed by atoms with van der Waals surface area (Å²) in [7, 11) is 0. The number of carbonyl (C=O) groups is 1. The first kappa shape index (κ1) is 17.5. The minimum Gasteiger partial charge on any atom is -0.406 e. The van der Waals surface area contributed by atoms with Crippen LogP contribution in [0, 0.1) is 10.1 Å². The highest BCUT2D eigenvalue weighted by molar-refractivity contribution is 6.32. The van der Waals surface area contributed by atoms with Crippen LogP contribution in [0.25, 0.3) is 0 Å². The third kappa shape index (κ3) is 4.59. The lowest BCUT2D eigenvalue weighted by atomic mass is 10.2. The Hall–Kier alpha value is -2.81. The monoisotopic (exact) mass is 360 g/mol. The summed E-state index contributed by atoms with van der Waals surface area (Å²) in [6, 6.07) is 8.02. The molecule has 1 N–H and O–H groups in total. The summed E-state index contributed by atoms with van der Waals surface area (Å²) < 4.78 is 40.3. The van der Waals surface area contributed by atoms with E-state index in [-0.39, 0.29) is 16.3 Å². The Balaban J connectivity index is 2.20. The van der Waals surface area contributed by atoms with Gasteiger partial charge in [0.1, 0.15) is 10.8 Å². The second kappa shape index (κ2) is 6.75. The molecule has 0 heterocycles. The van der Waals surface area contributed by atoms with Crippen molar-refractivity contribution in [2.45, 2.75) is 6.36 Å². The highest BCUT2D eigenvalue weighted by Gasteiger charge is 2.31. The number of hydrogen-bond acceptors (Lipinski definition) is 4. The van der Waals surface area contributed by atoms with Crippen molar-refractivity contribution >= 4 is 28.9 Å². The molecule has 0 aliphatic rings. The molecular formula is C14H8ClF3N2O4. The lowest BCUT2D eigenvalue weighted by Gasteiger charge is -2.10. The van der Waals surface area contributed by atoms with Gasteiger partial charge in [0.05, 0.1) is 4.92 Å².